The lowest BCUT2D eigenvalue weighted by molar-refractivity contribution is -0.136. The van der Waals surface area contributed by atoms with E-state index in [2.05, 4.69) is 30.1 Å². The van der Waals surface area contributed by atoms with Crippen LogP contribution in [0.15, 0.2) is 41.8 Å². The average Bonchev–Trinajstić information content (AvgIpc) is 3.08. The van der Waals surface area contributed by atoms with E-state index in [1.54, 1.807) is 0 Å². The van der Waals surface area contributed by atoms with Gasteiger partial charge in [-0.05, 0) is 23.3 Å². The molecule has 1 N–H and O–H groups in total. The number of rotatable bonds is 9. The number of aromatic nitrogens is 1. The normalized spacial score (nSPS) is 11.0. The molecule has 0 atom stereocenters. The van der Waals surface area contributed by atoms with E-state index in [4.69, 9.17) is 9.84 Å². The second-order valence-corrected chi connectivity index (χ2v) is 7.14. The van der Waals surface area contributed by atoms with Crippen LogP contribution in [0.2, 0.25) is 0 Å². The summed E-state index contributed by atoms with van der Waals surface area (Å²) >= 11 is 1.47. The van der Waals surface area contributed by atoms with Crippen LogP contribution < -0.4 is 4.74 Å². The van der Waals surface area contributed by atoms with Gasteiger partial charge in [-0.25, -0.2) is 4.98 Å². The molecule has 136 valence electrons. The molecular formula is C21H23NO3S. The highest BCUT2D eigenvalue weighted by atomic mass is 32.1. The van der Waals surface area contributed by atoms with E-state index in [0.29, 0.717) is 12.3 Å². The van der Waals surface area contributed by atoms with Gasteiger partial charge in [0.15, 0.2) is 0 Å². The Kier molecular flexibility index (Phi) is 6.23. The molecule has 0 aliphatic heterocycles. The first kappa shape index (κ1) is 18.4. The van der Waals surface area contributed by atoms with Crippen molar-refractivity contribution in [2.45, 2.75) is 39.0 Å². The van der Waals surface area contributed by atoms with Crippen LogP contribution in [0.3, 0.4) is 0 Å². The number of carboxylic acids is 1. The number of ether oxygens (including phenoxy) is 1. The maximum atomic E-state index is 11.0. The van der Waals surface area contributed by atoms with Crippen molar-refractivity contribution in [3.05, 3.63) is 47.5 Å². The number of benzene rings is 2. The molecular weight excluding hydrogens is 346 g/mol. The largest absolute Gasteiger partial charge is 0.493 e. The van der Waals surface area contributed by atoms with E-state index in [1.807, 2.05) is 23.6 Å². The quantitative estimate of drug-likeness (QED) is 0.502. The van der Waals surface area contributed by atoms with Crippen LogP contribution in [-0.4, -0.2) is 22.7 Å². The molecule has 0 spiro atoms. The summed E-state index contributed by atoms with van der Waals surface area (Å²) in [6.45, 7) is 2.87. The molecule has 3 rings (SSSR count). The fourth-order valence-electron chi connectivity index (χ4n) is 2.96. The molecule has 0 radical (unpaired) electrons. The van der Waals surface area contributed by atoms with Gasteiger partial charge in [0.25, 0.3) is 0 Å². The van der Waals surface area contributed by atoms with Crippen LogP contribution in [0, 0.1) is 0 Å². The number of unbranched alkanes of at least 4 members (excludes halogenated alkanes) is 3. The molecule has 0 saturated carbocycles. The van der Waals surface area contributed by atoms with E-state index in [0.717, 1.165) is 33.5 Å². The first-order chi connectivity index (χ1) is 12.7. The Hall–Kier alpha value is -2.40. The molecule has 26 heavy (non-hydrogen) atoms. The lowest BCUT2D eigenvalue weighted by Crippen LogP contribution is -2.01. The minimum atomic E-state index is -0.868. The third kappa shape index (κ3) is 4.41. The highest BCUT2D eigenvalue weighted by Crippen LogP contribution is 2.38. The first-order valence-electron chi connectivity index (χ1n) is 9.00. The summed E-state index contributed by atoms with van der Waals surface area (Å²) in [7, 11) is 0. The summed E-state index contributed by atoms with van der Waals surface area (Å²) in [6.07, 6.45) is 4.56. The van der Waals surface area contributed by atoms with Crippen molar-refractivity contribution in [2.24, 2.45) is 0 Å². The Labute approximate surface area is 157 Å². The average molecular weight is 369 g/mol. The van der Waals surface area contributed by atoms with Crippen LogP contribution in [0.5, 0.6) is 5.75 Å². The standard InChI is InChI=1S/C21H23NO3S/c1-2-3-4-7-12-25-18-11-10-15-8-5-6-9-17(15)20(18)21-22-16(14-26-21)13-19(23)24/h5-6,8-11,14H,2-4,7,12-13H2,1H3,(H,23,24). The third-order valence-electron chi connectivity index (χ3n) is 4.24. The Balaban J connectivity index is 1.93. The zero-order valence-corrected chi connectivity index (χ0v) is 15.7. The van der Waals surface area contributed by atoms with Gasteiger partial charge < -0.3 is 9.84 Å². The highest BCUT2D eigenvalue weighted by molar-refractivity contribution is 7.13. The van der Waals surface area contributed by atoms with Crippen LogP contribution in [-0.2, 0) is 11.2 Å². The molecule has 0 fully saturated rings. The van der Waals surface area contributed by atoms with E-state index in [1.165, 1.54) is 30.6 Å². The predicted octanol–water partition coefficient (Wildman–Crippen LogP) is 5.55. The summed E-state index contributed by atoms with van der Waals surface area (Å²) in [5.41, 5.74) is 1.54. The van der Waals surface area contributed by atoms with Gasteiger partial charge in [-0.3, -0.25) is 4.79 Å². The molecule has 2 aromatic carbocycles. The summed E-state index contributed by atoms with van der Waals surface area (Å²) in [4.78, 5) is 15.5. The van der Waals surface area contributed by atoms with Gasteiger partial charge in [0.05, 0.1) is 24.3 Å². The van der Waals surface area contributed by atoms with Crippen LogP contribution in [0.1, 0.15) is 38.3 Å². The summed E-state index contributed by atoms with van der Waals surface area (Å²) < 4.78 is 6.09. The number of fused-ring (bicyclic) bond motifs is 1. The molecule has 0 bridgehead atoms. The molecule has 0 aliphatic carbocycles. The SMILES string of the molecule is CCCCCCOc1ccc2ccccc2c1-c1nc(CC(=O)O)cs1. The molecule has 0 aliphatic rings. The van der Waals surface area contributed by atoms with Gasteiger partial charge in [-0.1, -0.05) is 56.5 Å². The van der Waals surface area contributed by atoms with Gasteiger partial charge in [0.2, 0.25) is 0 Å². The number of carbonyl (C=O) groups is 1. The number of nitrogens with zero attached hydrogens (tertiary/aromatic N) is 1. The fourth-order valence-corrected chi connectivity index (χ4v) is 3.84. The second kappa shape index (κ2) is 8.81. The first-order valence-corrected chi connectivity index (χ1v) is 9.88. The van der Waals surface area contributed by atoms with Gasteiger partial charge in [0.1, 0.15) is 10.8 Å². The van der Waals surface area contributed by atoms with Gasteiger partial charge in [-0.15, -0.1) is 11.3 Å². The number of hydrogen-bond acceptors (Lipinski definition) is 4. The topological polar surface area (TPSA) is 59.4 Å². The zero-order chi connectivity index (χ0) is 18.4. The summed E-state index contributed by atoms with van der Waals surface area (Å²) in [6, 6.07) is 12.2. The van der Waals surface area contributed by atoms with E-state index >= 15 is 0 Å². The molecule has 3 aromatic rings. The molecule has 0 unspecified atom stereocenters. The Morgan fingerprint density at radius 1 is 1.15 bits per heavy atom. The molecule has 0 amide bonds. The van der Waals surface area contributed by atoms with E-state index < -0.39 is 5.97 Å². The predicted molar refractivity (Wildman–Crippen MR) is 106 cm³/mol. The van der Waals surface area contributed by atoms with Crippen LogP contribution >= 0.6 is 11.3 Å². The number of carboxylic acid groups (broad SMARTS) is 1. The van der Waals surface area contributed by atoms with Gasteiger partial charge in [-0.2, -0.15) is 0 Å². The fraction of sp³-hybridized carbons (Fsp3) is 0.333. The van der Waals surface area contributed by atoms with Gasteiger partial charge >= 0.3 is 5.97 Å². The van der Waals surface area contributed by atoms with Crippen molar-refractivity contribution >= 4 is 28.1 Å². The Morgan fingerprint density at radius 2 is 2.00 bits per heavy atom. The van der Waals surface area contributed by atoms with Gasteiger partial charge in [0, 0.05) is 5.38 Å². The minimum Gasteiger partial charge on any atom is -0.493 e. The van der Waals surface area contributed by atoms with Crippen LogP contribution in [0.4, 0.5) is 0 Å². The van der Waals surface area contributed by atoms with Crippen molar-refractivity contribution in [1.29, 1.82) is 0 Å². The lowest BCUT2D eigenvalue weighted by atomic mass is 10.0. The van der Waals surface area contributed by atoms with Crippen molar-refractivity contribution in [3.8, 4) is 16.3 Å². The van der Waals surface area contributed by atoms with Crippen molar-refractivity contribution in [1.82, 2.24) is 4.98 Å². The summed E-state index contributed by atoms with van der Waals surface area (Å²) in [5, 5.41) is 13.8. The number of thiazole rings is 1. The van der Waals surface area contributed by atoms with Crippen LogP contribution in [0.25, 0.3) is 21.3 Å². The maximum absolute atomic E-state index is 11.0. The smallest absolute Gasteiger partial charge is 0.309 e. The Bertz CT molecular complexity index is 888. The zero-order valence-electron chi connectivity index (χ0n) is 14.9. The molecule has 1 aromatic heterocycles. The lowest BCUT2D eigenvalue weighted by Gasteiger charge is -2.13. The van der Waals surface area contributed by atoms with E-state index in [9.17, 15) is 4.79 Å². The monoisotopic (exact) mass is 369 g/mol. The Morgan fingerprint density at radius 3 is 2.81 bits per heavy atom. The highest BCUT2D eigenvalue weighted by Gasteiger charge is 2.16. The van der Waals surface area contributed by atoms with E-state index in [-0.39, 0.29) is 6.42 Å². The third-order valence-corrected chi connectivity index (χ3v) is 5.15. The van der Waals surface area contributed by atoms with Crippen molar-refractivity contribution in [3.63, 3.8) is 0 Å². The second-order valence-electron chi connectivity index (χ2n) is 6.28. The molecule has 5 heteroatoms. The molecule has 4 nitrogen and oxygen atoms in total. The van der Waals surface area contributed by atoms with Crippen molar-refractivity contribution < 1.29 is 14.6 Å². The number of aliphatic carboxylic acids is 1. The number of hydrogen-bond donors (Lipinski definition) is 1. The molecule has 1 heterocycles. The molecule has 0 saturated heterocycles. The van der Waals surface area contributed by atoms with Crippen molar-refractivity contribution in [2.75, 3.05) is 6.61 Å². The minimum absolute atomic E-state index is 0.0610. The summed E-state index contributed by atoms with van der Waals surface area (Å²) in [5.74, 6) is -0.0522. The maximum Gasteiger partial charge on any atom is 0.309 e.